The number of methoxy groups -OCH3 is 2. The van der Waals surface area contributed by atoms with Crippen LogP contribution in [0.2, 0.25) is 0 Å². The summed E-state index contributed by atoms with van der Waals surface area (Å²) in [5.41, 5.74) is 4.39. The van der Waals surface area contributed by atoms with Gasteiger partial charge in [0.05, 0.1) is 14.2 Å². The maximum absolute atomic E-state index is 13.0. The van der Waals surface area contributed by atoms with Crippen LogP contribution in [0.3, 0.4) is 0 Å². The standard InChI is InChI=1S/C26H23N3O5/c1-32-20-11-8-18(9-12-20)24(30)28-29-26-22(25(31)27-16-17-6-4-3-5-7-17)14-19-10-13-21(33-2)15-23(19)34-26/h3-15H,16H2,1-2H3,(H,27,31)(H,28,30)/b29-26-. The Kier molecular flexibility index (Phi) is 6.88. The molecule has 34 heavy (non-hydrogen) atoms. The number of nitrogens with zero attached hydrogens (tertiary/aromatic N) is 1. The second kappa shape index (κ2) is 10.4. The van der Waals surface area contributed by atoms with Gasteiger partial charge in [-0.25, -0.2) is 5.43 Å². The van der Waals surface area contributed by atoms with Gasteiger partial charge in [0.15, 0.2) is 0 Å². The summed E-state index contributed by atoms with van der Waals surface area (Å²) in [6.07, 6.45) is 0. The Hall–Kier alpha value is -4.59. The van der Waals surface area contributed by atoms with Gasteiger partial charge in [-0.3, -0.25) is 9.59 Å². The molecule has 0 bridgehead atoms. The highest BCUT2D eigenvalue weighted by Gasteiger charge is 2.14. The van der Waals surface area contributed by atoms with E-state index in [0.717, 1.165) is 5.56 Å². The molecule has 3 aromatic carbocycles. The Morgan fingerprint density at radius 2 is 1.56 bits per heavy atom. The van der Waals surface area contributed by atoms with E-state index >= 15 is 0 Å². The van der Waals surface area contributed by atoms with Gasteiger partial charge in [-0.2, -0.15) is 0 Å². The molecule has 0 atom stereocenters. The first-order valence-electron chi connectivity index (χ1n) is 10.5. The minimum Gasteiger partial charge on any atom is -0.497 e. The van der Waals surface area contributed by atoms with Gasteiger partial charge in [0.1, 0.15) is 22.6 Å². The van der Waals surface area contributed by atoms with Crippen LogP contribution in [0.4, 0.5) is 0 Å². The van der Waals surface area contributed by atoms with Gasteiger partial charge in [-0.05, 0) is 48.0 Å². The van der Waals surface area contributed by atoms with Crippen molar-refractivity contribution in [2.45, 2.75) is 6.54 Å². The first kappa shape index (κ1) is 22.6. The third-order valence-corrected chi connectivity index (χ3v) is 5.11. The molecule has 0 aliphatic heterocycles. The molecule has 0 unspecified atom stereocenters. The molecule has 0 saturated carbocycles. The monoisotopic (exact) mass is 457 g/mol. The summed E-state index contributed by atoms with van der Waals surface area (Å²) >= 11 is 0. The van der Waals surface area contributed by atoms with E-state index in [9.17, 15) is 9.59 Å². The number of nitrogens with one attached hydrogen (secondary N) is 2. The SMILES string of the molecule is COc1ccc(C(=O)N/N=c2\oc3cc(OC)ccc3cc2C(=O)NCc2ccccc2)cc1. The summed E-state index contributed by atoms with van der Waals surface area (Å²) < 4.78 is 16.3. The van der Waals surface area contributed by atoms with Crippen LogP contribution < -0.4 is 25.8 Å². The molecular formula is C26H23N3O5. The molecule has 0 radical (unpaired) electrons. The molecule has 8 heteroatoms. The van der Waals surface area contributed by atoms with Gasteiger partial charge < -0.3 is 19.2 Å². The predicted octanol–water partition coefficient (Wildman–Crippen LogP) is 3.63. The summed E-state index contributed by atoms with van der Waals surface area (Å²) in [5.74, 6) is 0.372. The molecule has 0 fully saturated rings. The summed E-state index contributed by atoms with van der Waals surface area (Å²) in [4.78, 5) is 25.6. The zero-order valence-electron chi connectivity index (χ0n) is 18.7. The Labute approximate surface area is 195 Å². The molecule has 2 amide bonds. The van der Waals surface area contributed by atoms with Crippen molar-refractivity contribution in [3.63, 3.8) is 0 Å². The number of rotatable bonds is 7. The molecule has 0 aliphatic carbocycles. The number of hydrogen-bond donors (Lipinski definition) is 2. The van der Waals surface area contributed by atoms with Gasteiger partial charge in [0.25, 0.3) is 11.8 Å². The smallest absolute Gasteiger partial charge is 0.271 e. The maximum Gasteiger partial charge on any atom is 0.271 e. The molecule has 0 aliphatic rings. The third kappa shape index (κ3) is 5.24. The van der Waals surface area contributed by atoms with Gasteiger partial charge >= 0.3 is 0 Å². The van der Waals surface area contributed by atoms with E-state index in [4.69, 9.17) is 13.9 Å². The first-order valence-corrected chi connectivity index (χ1v) is 10.5. The third-order valence-electron chi connectivity index (χ3n) is 5.11. The lowest BCUT2D eigenvalue weighted by molar-refractivity contribution is 0.0932. The van der Waals surface area contributed by atoms with E-state index in [-0.39, 0.29) is 17.0 Å². The van der Waals surface area contributed by atoms with Crippen molar-refractivity contribution in [3.8, 4) is 11.5 Å². The fraction of sp³-hybridized carbons (Fsp3) is 0.115. The van der Waals surface area contributed by atoms with Crippen LogP contribution in [0, 0.1) is 0 Å². The summed E-state index contributed by atoms with van der Waals surface area (Å²) in [6.45, 7) is 0.331. The summed E-state index contributed by atoms with van der Waals surface area (Å²) in [5, 5.41) is 7.66. The zero-order chi connectivity index (χ0) is 23.9. The first-order chi connectivity index (χ1) is 16.6. The van der Waals surface area contributed by atoms with Gasteiger partial charge in [0.2, 0.25) is 5.55 Å². The van der Waals surface area contributed by atoms with Crippen molar-refractivity contribution in [2.75, 3.05) is 14.2 Å². The molecular weight excluding hydrogens is 434 g/mol. The van der Waals surface area contributed by atoms with Gasteiger partial charge in [-0.1, -0.05) is 30.3 Å². The molecule has 1 aromatic heterocycles. The van der Waals surface area contributed by atoms with Crippen molar-refractivity contribution >= 4 is 22.8 Å². The molecule has 4 aromatic rings. The fourth-order valence-electron chi connectivity index (χ4n) is 3.25. The number of amides is 2. The quantitative estimate of drug-likeness (QED) is 0.413. The lowest BCUT2D eigenvalue weighted by Crippen LogP contribution is -2.30. The van der Waals surface area contributed by atoms with E-state index in [0.29, 0.717) is 34.6 Å². The number of benzene rings is 3. The van der Waals surface area contributed by atoms with E-state index in [1.54, 1.807) is 62.8 Å². The maximum atomic E-state index is 13.0. The van der Waals surface area contributed by atoms with Crippen LogP contribution in [0.25, 0.3) is 11.0 Å². The fourth-order valence-corrected chi connectivity index (χ4v) is 3.25. The van der Waals surface area contributed by atoms with E-state index in [2.05, 4.69) is 15.8 Å². The molecule has 8 nitrogen and oxygen atoms in total. The highest BCUT2D eigenvalue weighted by molar-refractivity contribution is 5.97. The van der Waals surface area contributed by atoms with Crippen molar-refractivity contribution in [1.29, 1.82) is 0 Å². The van der Waals surface area contributed by atoms with Crippen LogP contribution in [-0.4, -0.2) is 26.0 Å². The van der Waals surface area contributed by atoms with E-state index in [1.165, 1.54) is 0 Å². The summed E-state index contributed by atoms with van der Waals surface area (Å²) in [6, 6.07) is 23.0. The largest absolute Gasteiger partial charge is 0.497 e. The molecule has 0 spiro atoms. The minimum absolute atomic E-state index is 0.0341. The minimum atomic E-state index is -0.459. The van der Waals surface area contributed by atoms with E-state index in [1.807, 2.05) is 30.3 Å². The highest BCUT2D eigenvalue weighted by atomic mass is 16.5. The molecule has 172 valence electrons. The number of carbonyl (C=O) groups is 2. The van der Waals surface area contributed by atoms with Crippen LogP contribution in [0.15, 0.2) is 88.4 Å². The second-order valence-electron chi connectivity index (χ2n) is 7.32. The Balaban J connectivity index is 1.66. The average molecular weight is 457 g/mol. The topological polar surface area (TPSA) is 102 Å². The molecule has 1 heterocycles. The number of carbonyl (C=O) groups excluding carboxylic acids is 2. The Morgan fingerprint density at radius 1 is 0.853 bits per heavy atom. The van der Waals surface area contributed by atoms with Gasteiger partial charge in [0, 0.05) is 23.6 Å². The second-order valence-corrected chi connectivity index (χ2v) is 7.32. The highest BCUT2D eigenvalue weighted by Crippen LogP contribution is 2.20. The van der Waals surface area contributed by atoms with E-state index < -0.39 is 5.91 Å². The lowest BCUT2D eigenvalue weighted by atomic mass is 10.1. The number of fused-ring (bicyclic) bond motifs is 1. The van der Waals surface area contributed by atoms with Crippen LogP contribution in [-0.2, 0) is 6.54 Å². The lowest BCUT2D eigenvalue weighted by Gasteiger charge is -2.08. The van der Waals surface area contributed by atoms with Crippen molar-refractivity contribution in [1.82, 2.24) is 10.7 Å². The zero-order valence-corrected chi connectivity index (χ0v) is 18.7. The number of ether oxygens (including phenoxy) is 2. The van der Waals surface area contributed by atoms with Gasteiger partial charge in [-0.15, -0.1) is 5.10 Å². The molecule has 0 saturated heterocycles. The van der Waals surface area contributed by atoms with Crippen LogP contribution >= 0.6 is 0 Å². The Morgan fingerprint density at radius 3 is 2.26 bits per heavy atom. The van der Waals surface area contributed by atoms with Crippen molar-refractivity contribution in [2.24, 2.45) is 5.10 Å². The molecule has 4 rings (SSSR count). The molecule has 2 N–H and O–H groups in total. The van der Waals surface area contributed by atoms with Crippen molar-refractivity contribution in [3.05, 3.63) is 101 Å². The normalized spacial score (nSPS) is 11.2. The predicted molar refractivity (Wildman–Crippen MR) is 126 cm³/mol. The number of hydrogen-bond acceptors (Lipinski definition) is 6. The average Bonchev–Trinajstić information content (AvgIpc) is 2.90. The van der Waals surface area contributed by atoms with Crippen LogP contribution in [0.1, 0.15) is 26.3 Å². The Bertz CT molecular complexity index is 1380. The van der Waals surface area contributed by atoms with Crippen LogP contribution in [0.5, 0.6) is 11.5 Å². The van der Waals surface area contributed by atoms with Crippen molar-refractivity contribution < 1.29 is 23.5 Å². The summed E-state index contributed by atoms with van der Waals surface area (Å²) in [7, 11) is 3.10.